The van der Waals surface area contributed by atoms with E-state index in [0.717, 1.165) is 5.56 Å². The summed E-state index contributed by atoms with van der Waals surface area (Å²) in [6, 6.07) is 3.35. The molecule has 1 amide bonds. The Hall–Kier alpha value is -2.11. The number of carbonyl (C=O) groups is 2. The molecule has 0 radical (unpaired) electrons. The van der Waals surface area contributed by atoms with Gasteiger partial charge in [-0.05, 0) is 37.0 Å². The van der Waals surface area contributed by atoms with Gasteiger partial charge in [0, 0.05) is 0 Å². The van der Waals surface area contributed by atoms with Gasteiger partial charge in [0.1, 0.15) is 6.04 Å². The predicted octanol–water partition coefficient (Wildman–Crippen LogP) is 2.13. The lowest BCUT2D eigenvalue weighted by atomic mass is 10.0. The molecule has 0 aliphatic rings. The number of amides is 1. The molecule has 0 spiro atoms. The first-order valence-electron chi connectivity index (χ1n) is 6.70. The van der Waals surface area contributed by atoms with Crippen molar-refractivity contribution < 1.29 is 23.8 Å². The SMILES string of the molecule is Cc1ccc(F)c(OCC(=O)NC(CC(C)C)C(=O)O)c1. The molecule has 0 fully saturated rings. The molecule has 0 aliphatic heterocycles. The maximum absolute atomic E-state index is 13.4. The molecule has 1 unspecified atom stereocenters. The zero-order chi connectivity index (χ0) is 16.0. The maximum Gasteiger partial charge on any atom is 0.326 e. The summed E-state index contributed by atoms with van der Waals surface area (Å²) in [7, 11) is 0. The number of ether oxygens (including phenoxy) is 1. The molecule has 0 bridgehead atoms. The minimum Gasteiger partial charge on any atom is -0.481 e. The van der Waals surface area contributed by atoms with Crippen LogP contribution in [0.25, 0.3) is 0 Å². The topological polar surface area (TPSA) is 75.6 Å². The highest BCUT2D eigenvalue weighted by Gasteiger charge is 2.21. The Bertz CT molecular complexity index is 516. The standard InChI is InChI=1S/C15H20FNO4/c1-9(2)6-12(15(19)20)17-14(18)8-21-13-7-10(3)4-5-11(13)16/h4-5,7,9,12H,6,8H2,1-3H3,(H,17,18)(H,19,20). The van der Waals surface area contributed by atoms with Gasteiger partial charge in [-0.15, -0.1) is 0 Å². The highest BCUT2D eigenvalue weighted by molar-refractivity contribution is 5.84. The van der Waals surface area contributed by atoms with E-state index in [0.29, 0.717) is 6.42 Å². The first-order chi connectivity index (χ1) is 9.79. The van der Waals surface area contributed by atoms with Crippen LogP contribution >= 0.6 is 0 Å². The van der Waals surface area contributed by atoms with Gasteiger partial charge in [-0.2, -0.15) is 0 Å². The number of rotatable bonds is 7. The van der Waals surface area contributed by atoms with Crippen molar-refractivity contribution in [2.75, 3.05) is 6.61 Å². The molecule has 1 aromatic rings. The summed E-state index contributed by atoms with van der Waals surface area (Å²) in [6.07, 6.45) is 0.319. The fraction of sp³-hybridized carbons (Fsp3) is 0.467. The summed E-state index contributed by atoms with van der Waals surface area (Å²) >= 11 is 0. The second-order valence-electron chi connectivity index (χ2n) is 5.31. The van der Waals surface area contributed by atoms with Crippen LogP contribution in [0.5, 0.6) is 5.75 Å². The molecule has 0 saturated heterocycles. The fourth-order valence-corrected chi connectivity index (χ4v) is 1.79. The van der Waals surface area contributed by atoms with Crippen molar-refractivity contribution in [3.05, 3.63) is 29.6 Å². The fourth-order valence-electron chi connectivity index (χ4n) is 1.79. The van der Waals surface area contributed by atoms with E-state index in [4.69, 9.17) is 9.84 Å². The Morgan fingerprint density at radius 1 is 1.38 bits per heavy atom. The molecular formula is C15H20FNO4. The predicted molar refractivity (Wildman–Crippen MR) is 75.7 cm³/mol. The molecule has 5 nitrogen and oxygen atoms in total. The molecule has 21 heavy (non-hydrogen) atoms. The number of nitrogens with one attached hydrogen (secondary N) is 1. The number of aliphatic carboxylic acids is 1. The lowest BCUT2D eigenvalue weighted by Gasteiger charge is -2.16. The van der Waals surface area contributed by atoms with E-state index in [1.165, 1.54) is 12.1 Å². The molecule has 0 aliphatic carbocycles. The van der Waals surface area contributed by atoms with Crippen molar-refractivity contribution in [2.45, 2.75) is 33.2 Å². The largest absolute Gasteiger partial charge is 0.481 e. The van der Waals surface area contributed by atoms with Crippen LogP contribution in [0.4, 0.5) is 4.39 Å². The van der Waals surface area contributed by atoms with Crippen LogP contribution in [0.15, 0.2) is 18.2 Å². The molecule has 0 aromatic heterocycles. The van der Waals surface area contributed by atoms with E-state index in [1.54, 1.807) is 13.0 Å². The summed E-state index contributed by atoms with van der Waals surface area (Å²) in [4.78, 5) is 22.7. The lowest BCUT2D eigenvalue weighted by Crippen LogP contribution is -2.43. The normalized spacial score (nSPS) is 12.0. The van der Waals surface area contributed by atoms with Gasteiger partial charge in [0.05, 0.1) is 0 Å². The molecule has 1 rings (SSSR count). The number of halogens is 1. The number of hydrogen-bond donors (Lipinski definition) is 2. The van der Waals surface area contributed by atoms with Crippen LogP contribution in [0.1, 0.15) is 25.8 Å². The molecular weight excluding hydrogens is 277 g/mol. The van der Waals surface area contributed by atoms with Crippen LogP contribution < -0.4 is 10.1 Å². The van der Waals surface area contributed by atoms with Gasteiger partial charge in [-0.25, -0.2) is 9.18 Å². The van der Waals surface area contributed by atoms with Crippen LogP contribution in [0.3, 0.4) is 0 Å². The molecule has 0 heterocycles. The smallest absolute Gasteiger partial charge is 0.326 e. The minimum atomic E-state index is -1.10. The average molecular weight is 297 g/mol. The minimum absolute atomic E-state index is 0.0270. The van der Waals surface area contributed by atoms with Gasteiger partial charge in [-0.1, -0.05) is 19.9 Å². The lowest BCUT2D eigenvalue weighted by molar-refractivity contribution is -0.142. The average Bonchev–Trinajstić information content (AvgIpc) is 2.38. The maximum atomic E-state index is 13.4. The van der Waals surface area contributed by atoms with Crippen molar-refractivity contribution in [3.8, 4) is 5.75 Å². The highest BCUT2D eigenvalue weighted by Crippen LogP contribution is 2.18. The van der Waals surface area contributed by atoms with Crippen LogP contribution in [-0.2, 0) is 9.59 Å². The van der Waals surface area contributed by atoms with Crippen molar-refractivity contribution in [3.63, 3.8) is 0 Å². The van der Waals surface area contributed by atoms with Gasteiger partial charge in [-0.3, -0.25) is 4.79 Å². The van der Waals surface area contributed by atoms with E-state index in [1.807, 2.05) is 13.8 Å². The number of carboxylic acids is 1. The van der Waals surface area contributed by atoms with Crippen molar-refractivity contribution in [1.29, 1.82) is 0 Å². The third-order valence-corrected chi connectivity index (χ3v) is 2.79. The second-order valence-corrected chi connectivity index (χ2v) is 5.31. The van der Waals surface area contributed by atoms with Gasteiger partial charge >= 0.3 is 5.97 Å². The summed E-state index contributed by atoms with van der Waals surface area (Å²) in [5.41, 5.74) is 0.801. The van der Waals surface area contributed by atoms with Gasteiger partial charge < -0.3 is 15.2 Å². The number of benzene rings is 1. The van der Waals surface area contributed by atoms with Crippen molar-refractivity contribution >= 4 is 11.9 Å². The Labute approximate surface area is 123 Å². The Morgan fingerprint density at radius 3 is 2.62 bits per heavy atom. The summed E-state index contributed by atoms with van der Waals surface area (Å²) < 4.78 is 18.5. The van der Waals surface area contributed by atoms with E-state index in [9.17, 15) is 14.0 Å². The Morgan fingerprint density at radius 2 is 2.05 bits per heavy atom. The second kappa shape index (κ2) is 7.61. The van der Waals surface area contributed by atoms with Crippen LogP contribution in [-0.4, -0.2) is 29.6 Å². The molecule has 1 aromatic carbocycles. The van der Waals surface area contributed by atoms with Crippen LogP contribution in [0, 0.1) is 18.7 Å². The Kier molecular flexibility index (Phi) is 6.14. The van der Waals surface area contributed by atoms with Gasteiger partial charge in [0.25, 0.3) is 5.91 Å². The zero-order valence-corrected chi connectivity index (χ0v) is 12.4. The number of aryl methyl sites for hydroxylation is 1. The van der Waals surface area contributed by atoms with Crippen molar-refractivity contribution in [1.82, 2.24) is 5.32 Å². The number of hydrogen-bond acceptors (Lipinski definition) is 3. The van der Waals surface area contributed by atoms with Crippen LogP contribution in [0.2, 0.25) is 0 Å². The molecule has 2 N–H and O–H groups in total. The molecule has 116 valence electrons. The van der Waals surface area contributed by atoms with Gasteiger partial charge in [0.15, 0.2) is 18.2 Å². The zero-order valence-electron chi connectivity index (χ0n) is 12.4. The van der Waals surface area contributed by atoms with E-state index >= 15 is 0 Å². The molecule has 0 saturated carbocycles. The first kappa shape index (κ1) is 16.9. The van der Waals surface area contributed by atoms with Crippen molar-refractivity contribution in [2.24, 2.45) is 5.92 Å². The Balaban J connectivity index is 2.56. The quantitative estimate of drug-likeness (QED) is 0.808. The van der Waals surface area contributed by atoms with E-state index in [2.05, 4.69) is 5.32 Å². The summed E-state index contributed by atoms with van der Waals surface area (Å²) in [5, 5.41) is 11.4. The summed E-state index contributed by atoms with van der Waals surface area (Å²) in [6.45, 7) is 5.07. The third kappa shape index (κ3) is 5.81. The highest BCUT2D eigenvalue weighted by atomic mass is 19.1. The summed E-state index contributed by atoms with van der Waals surface area (Å²) in [5.74, 6) is -2.16. The number of carbonyl (C=O) groups excluding carboxylic acids is 1. The van der Waals surface area contributed by atoms with E-state index in [-0.39, 0.29) is 11.7 Å². The van der Waals surface area contributed by atoms with Gasteiger partial charge in [0.2, 0.25) is 0 Å². The molecule has 1 atom stereocenters. The number of carboxylic acid groups (broad SMARTS) is 1. The third-order valence-electron chi connectivity index (χ3n) is 2.79. The monoisotopic (exact) mass is 297 g/mol. The molecule has 6 heteroatoms. The van der Waals surface area contributed by atoms with E-state index < -0.39 is 30.3 Å². The first-order valence-corrected chi connectivity index (χ1v) is 6.70.